The van der Waals surface area contributed by atoms with Crippen LogP contribution in [0.4, 0.5) is 0 Å². The van der Waals surface area contributed by atoms with Crippen molar-refractivity contribution in [3.05, 3.63) is 53.6 Å². The summed E-state index contributed by atoms with van der Waals surface area (Å²) in [7, 11) is -3.17. The van der Waals surface area contributed by atoms with Gasteiger partial charge in [0.2, 0.25) is 0 Å². The summed E-state index contributed by atoms with van der Waals surface area (Å²) in [4.78, 5) is 0.415. The fourth-order valence-electron chi connectivity index (χ4n) is 4.09. The number of hydrogen-bond acceptors (Lipinski definition) is 4. The lowest BCUT2D eigenvalue weighted by Gasteiger charge is -2.24. The molecular weight excluding hydrogens is 408 g/mol. The minimum atomic E-state index is -3.17. The Morgan fingerprint density at radius 2 is 1.58 bits per heavy atom. The van der Waals surface area contributed by atoms with Gasteiger partial charge >= 0.3 is 0 Å². The van der Waals surface area contributed by atoms with E-state index in [0.717, 1.165) is 32.1 Å². The van der Waals surface area contributed by atoms with Crippen LogP contribution in [-0.4, -0.2) is 31.7 Å². The minimum Gasteiger partial charge on any atom is -0.344 e. The monoisotopic (exact) mass is 448 g/mol. The van der Waals surface area contributed by atoms with Crippen molar-refractivity contribution in [3.8, 4) is 0 Å². The highest BCUT2D eigenvalue weighted by atomic mass is 32.2. The molecule has 2 rings (SSSR count). The maximum absolute atomic E-state index is 12.3. The highest BCUT2D eigenvalue weighted by Gasteiger charge is 2.46. The number of ether oxygens (including phenoxy) is 2. The summed E-state index contributed by atoms with van der Waals surface area (Å²) in [5.74, 6) is -0.311. The maximum Gasteiger partial charge on any atom is 0.178 e. The molecule has 0 aliphatic carbocycles. The van der Waals surface area contributed by atoms with Gasteiger partial charge in [0.1, 0.15) is 0 Å². The summed E-state index contributed by atoms with van der Waals surface area (Å²) in [5, 5.41) is 0. The molecule has 1 atom stereocenters. The van der Waals surface area contributed by atoms with Crippen molar-refractivity contribution >= 4 is 9.84 Å². The van der Waals surface area contributed by atoms with E-state index in [4.69, 9.17) is 9.47 Å². The molecule has 0 unspecified atom stereocenters. The van der Waals surface area contributed by atoms with E-state index in [9.17, 15) is 8.42 Å². The molecule has 1 aromatic carbocycles. The molecule has 1 aliphatic heterocycles. The number of unbranched alkanes of at least 4 members (excludes halogenated alkanes) is 1. The zero-order valence-corrected chi connectivity index (χ0v) is 20.9. The third kappa shape index (κ3) is 8.55. The number of hydrogen-bond donors (Lipinski definition) is 0. The van der Waals surface area contributed by atoms with E-state index in [1.807, 2.05) is 19.9 Å². The van der Waals surface area contributed by atoms with Crippen LogP contribution in [0, 0.1) is 0 Å². The summed E-state index contributed by atoms with van der Waals surface area (Å²) in [6.07, 6.45) is 10.0. The van der Waals surface area contributed by atoms with E-state index < -0.39 is 15.6 Å². The fraction of sp³-hybridized carbons (Fsp3) is 0.615. The van der Waals surface area contributed by atoms with Gasteiger partial charge in [0.05, 0.1) is 22.4 Å². The molecule has 1 aliphatic rings. The van der Waals surface area contributed by atoms with Crippen LogP contribution in [0.15, 0.2) is 58.5 Å². The van der Waals surface area contributed by atoms with Crippen LogP contribution in [0.2, 0.25) is 0 Å². The molecular formula is C26H40O4S. The largest absolute Gasteiger partial charge is 0.344 e. The van der Waals surface area contributed by atoms with Crippen LogP contribution in [0.3, 0.4) is 0 Å². The number of allylic oxidation sites excluding steroid dienone is 4. The maximum atomic E-state index is 12.3. The molecule has 4 nitrogen and oxygen atoms in total. The number of sulfone groups is 1. The predicted molar refractivity (Wildman–Crippen MR) is 128 cm³/mol. The molecule has 174 valence electrons. The first kappa shape index (κ1) is 25.8. The molecule has 1 aromatic rings. The van der Waals surface area contributed by atoms with E-state index in [2.05, 4.69) is 39.8 Å². The van der Waals surface area contributed by atoms with Gasteiger partial charge in [-0.15, -0.1) is 0 Å². The van der Waals surface area contributed by atoms with Gasteiger partial charge < -0.3 is 9.47 Å². The summed E-state index contributed by atoms with van der Waals surface area (Å²) >= 11 is 0. The fourth-order valence-corrected chi connectivity index (χ4v) is 5.45. The number of rotatable bonds is 11. The van der Waals surface area contributed by atoms with E-state index >= 15 is 0 Å². The van der Waals surface area contributed by atoms with Gasteiger partial charge in [-0.2, -0.15) is 0 Å². The Hall–Kier alpha value is -1.43. The van der Waals surface area contributed by atoms with Crippen molar-refractivity contribution in [2.75, 3.05) is 5.75 Å². The second kappa shape index (κ2) is 10.9. The van der Waals surface area contributed by atoms with Gasteiger partial charge in [-0.25, -0.2) is 8.42 Å². The van der Waals surface area contributed by atoms with Crippen LogP contribution >= 0.6 is 0 Å². The third-order valence-corrected chi connectivity index (χ3v) is 7.57. The summed E-state index contributed by atoms with van der Waals surface area (Å²) in [6.45, 7) is 12.5. The van der Waals surface area contributed by atoms with E-state index in [1.54, 1.807) is 24.3 Å². The molecule has 5 heteroatoms. The molecule has 0 spiro atoms. The molecule has 0 N–H and O–H groups in total. The Labute approximate surface area is 189 Å². The van der Waals surface area contributed by atoms with Gasteiger partial charge in [0, 0.05) is 0 Å². The standard InChI is InChI=1S/C26H40O4S/c1-21(13-10-11-20-31(27,28)23-16-8-7-9-17-23)14-12-15-22(2)18-19-24-25(3,4)30-26(5,6)29-24/h7-9,13,15-17,24H,10-12,14,18-20H2,1-6H3/b21-13+,22-15+/t24-/m1/s1. The molecule has 31 heavy (non-hydrogen) atoms. The SMILES string of the molecule is C/C(=C\CCCS(=O)(=O)c1ccccc1)CC/C=C(\C)CC[C@H]1OC(C)(C)OC1(C)C. The molecule has 0 bridgehead atoms. The first-order valence-electron chi connectivity index (χ1n) is 11.4. The first-order valence-corrected chi connectivity index (χ1v) is 13.0. The minimum absolute atomic E-state index is 0.111. The van der Waals surface area contributed by atoms with Crippen LogP contribution in [0.1, 0.15) is 80.1 Å². The molecule has 0 radical (unpaired) electrons. The smallest absolute Gasteiger partial charge is 0.178 e. The van der Waals surface area contributed by atoms with Crippen LogP contribution in [0.5, 0.6) is 0 Å². The Balaban J connectivity index is 1.69. The molecule has 1 heterocycles. The van der Waals surface area contributed by atoms with Gasteiger partial charge in [-0.3, -0.25) is 0 Å². The van der Waals surface area contributed by atoms with Crippen molar-refractivity contribution in [3.63, 3.8) is 0 Å². The van der Waals surface area contributed by atoms with Crippen molar-refractivity contribution in [2.24, 2.45) is 0 Å². The predicted octanol–water partition coefficient (Wildman–Crippen LogP) is 6.62. The quantitative estimate of drug-likeness (QED) is 0.282. The van der Waals surface area contributed by atoms with Crippen molar-refractivity contribution in [1.29, 1.82) is 0 Å². The number of benzene rings is 1. The van der Waals surface area contributed by atoms with Crippen molar-refractivity contribution in [1.82, 2.24) is 0 Å². The van der Waals surface area contributed by atoms with E-state index in [-0.39, 0.29) is 17.5 Å². The van der Waals surface area contributed by atoms with Gasteiger partial charge in [0.25, 0.3) is 0 Å². The Kier molecular flexibility index (Phi) is 9.11. The normalized spacial score (nSPS) is 21.4. The van der Waals surface area contributed by atoms with Crippen molar-refractivity contribution < 1.29 is 17.9 Å². The average molecular weight is 449 g/mol. The molecule has 0 aromatic heterocycles. The van der Waals surface area contributed by atoms with Crippen LogP contribution < -0.4 is 0 Å². The second-order valence-corrected chi connectivity index (χ2v) is 11.8. The van der Waals surface area contributed by atoms with Crippen LogP contribution in [0.25, 0.3) is 0 Å². The molecule has 1 fully saturated rings. The van der Waals surface area contributed by atoms with Crippen molar-refractivity contribution in [2.45, 2.75) is 102 Å². The van der Waals surface area contributed by atoms with E-state index in [0.29, 0.717) is 11.3 Å². The lowest BCUT2D eigenvalue weighted by molar-refractivity contribution is -0.157. The molecule has 0 amide bonds. The highest BCUT2D eigenvalue weighted by molar-refractivity contribution is 7.91. The lowest BCUT2D eigenvalue weighted by Crippen LogP contribution is -2.33. The summed E-state index contributed by atoms with van der Waals surface area (Å²) in [5.41, 5.74) is 2.44. The van der Waals surface area contributed by atoms with E-state index in [1.165, 1.54) is 11.1 Å². The zero-order valence-electron chi connectivity index (χ0n) is 20.1. The highest BCUT2D eigenvalue weighted by Crippen LogP contribution is 2.38. The third-order valence-electron chi connectivity index (χ3n) is 5.75. The molecule has 0 saturated carbocycles. The Morgan fingerprint density at radius 3 is 2.19 bits per heavy atom. The first-order chi connectivity index (χ1) is 14.4. The summed E-state index contributed by atoms with van der Waals surface area (Å²) in [6, 6.07) is 8.70. The second-order valence-electron chi connectivity index (χ2n) is 9.66. The lowest BCUT2D eigenvalue weighted by atomic mass is 9.95. The summed E-state index contributed by atoms with van der Waals surface area (Å²) < 4.78 is 36.7. The Morgan fingerprint density at radius 1 is 0.968 bits per heavy atom. The van der Waals surface area contributed by atoms with Gasteiger partial charge in [0.15, 0.2) is 15.6 Å². The average Bonchev–Trinajstić information content (AvgIpc) is 2.90. The Bertz CT molecular complexity index is 864. The topological polar surface area (TPSA) is 52.6 Å². The van der Waals surface area contributed by atoms with Gasteiger partial charge in [-0.1, -0.05) is 41.5 Å². The zero-order chi connectivity index (χ0) is 23.1. The van der Waals surface area contributed by atoms with Crippen LogP contribution in [-0.2, 0) is 19.3 Å². The molecule has 1 saturated heterocycles. The van der Waals surface area contributed by atoms with Gasteiger partial charge in [-0.05, 0) is 92.2 Å².